The van der Waals surface area contributed by atoms with Crippen molar-refractivity contribution in [3.8, 4) is 11.4 Å². The van der Waals surface area contributed by atoms with E-state index in [1.807, 2.05) is 4.68 Å². The van der Waals surface area contributed by atoms with Gasteiger partial charge in [-0.05, 0) is 41.5 Å². The van der Waals surface area contributed by atoms with Crippen molar-refractivity contribution < 1.29 is 4.39 Å². The lowest BCUT2D eigenvalue weighted by Gasteiger charge is -2.22. The zero-order chi connectivity index (χ0) is 13.2. The summed E-state index contributed by atoms with van der Waals surface area (Å²) in [5.74, 6) is 0.249. The van der Waals surface area contributed by atoms with E-state index in [0.717, 1.165) is 18.4 Å². The van der Waals surface area contributed by atoms with Crippen LogP contribution >= 0.6 is 0 Å². The van der Waals surface area contributed by atoms with E-state index < -0.39 is 5.82 Å². The van der Waals surface area contributed by atoms with Gasteiger partial charge in [0.05, 0.1) is 11.7 Å². The van der Waals surface area contributed by atoms with Crippen LogP contribution in [0.3, 0.4) is 0 Å². The van der Waals surface area contributed by atoms with Crippen LogP contribution in [0, 0.1) is 5.82 Å². The molecule has 1 saturated carbocycles. The second-order valence-electron chi connectivity index (χ2n) is 4.98. The standard InChI is InChI=1S/C13H16FN5/c14-11-7-6-9(8-12(11)15)13-16-17-18-19(13)10-4-2-1-3-5-10/h6-8,10H,1-5,15H2. The maximum absolute atomic E-state index is 13.2. The lowest BCUT2D eigenvalue weighted by atomic mass is 9.95. The SMILES string of the molecule is Nc1cc(-c2nnnn2C2CCCCC2)ccc1F. The molecule has 1 aliphatic rings. The molecular formula is C13H16FN5. The molecule has 1 heterocycles. The molecule has 2 N–H and O–H groups in total. The first-order valence-electron chi connectivity index (χ1n) is 6.59. The van der Waals surface area contributed by atoms with E-state index in [9.17, 15) is 4.39 Å². The fraction of sp³-hybridized carbons (Fsp3) is 0.462. The van der Waals surface area contributed by atoms with Gasteiger partial charge in [-0.1, -0.05) is 19.3 Å². The molecule has 0 unspecified atom stereocenters. The van der Waals surface area contributed by atoms with Crippen molar-refractivity contribution in [2.24, 2.45) is 0 Å². The van der Waals surface area contributed by atoms with Gasteiger partial charge in [-0.15, -0.1) is 5.10 Å². The summed E-state index contributed by atoms with van der Waals surface area (Å²) in [4.78, 5) is 0. The van der Waals surface area contributed by atoms with Crippen LogP contribution in [0.5, 0.6) is 0 Å². The summed E-state index contributed by atoms with van der Waals surface area (Å²) in [5, 5.41) is 11.9. The van der Waals surface area contributed by atoms with Crippen molar-refractivity contribution in [1.29, 1.82) is 0 Å². The van der Waals surface area contributed by atoms with Gasteiger partial charge in [0, 0.05) is 5.56 Å². The molecule has 1 aromatic heterocycles. The third kappa shape index (κ3) is 2.30. The lowest BCUT2D eigenvalue weighted by Crippen LogP contribution is -2.15. The Morgan fingerprint density at radius 3 is 2.74 bits per heavy atom. The van der Waals surface area contributed by atoms with Gasteiger partial charge in [0.1, 0.15) is 5.82 Å². The summed E-state index contributed by atoms with van der Waals surface area (Å²) in [5.41, 5.74) is 6.48. The van der Waals surface area contributed by atoms with Crippen molar-refractivity contribution in [2.45, 2.75) is 38.1 Å². The fourth-order valence-corrected chi connectivity index (χ4v) is 2.64. The monoisotopic (exact) mass is 261 g/mol. The Morgan fingerprint density at radius 2 is 2.00 bits per heavy atom. The largest absolute Gasteiger partial charge is 0.396 e. The van der Waals surface area contributed by atoms with E-state index in [1.54, 1.807) is 12.1 Å². The summed E-state index contributed by atoms with van der Waals surface area (Å²) in [7, 11) is 0. The third-order valence-corrected chi connectivity index (χ3v) is 3.67. The van der Waals surface area contributed by atoms with Crippen molar-refractivity contribution in [3.63, 3.8) is 0 Å². The number of nitrogens with zero attached hydrogens (tertiary/aromatic N) is 4. The average molecular weight is 261 g/mol. The predicted octanol–water partition coefficient (Wildman–Crippen LogP) is 2.57. The van der Waals surface area contributed by atoms with Gasteiger partial charge in [-0.2, -0.15) is 0 Å². The van der Waals surface area contributed by atoms with Crippen molar-refractivity contribution in [3.05, 3.63) is 24.0 Å². The van der Waals surface area contributed by atoms with Crippen molar-refractivity contribution in [2.75, 3.05) is 5.73 Å². The highest BCUT2D eigenvalue weighted by atomic mass is 19.1. The van der Waals surface area contributed by atoms with Crippen LogP contribution in [0.25, 0.3) is 11.4 Å². The smallest absolute Gasteiger partial charge is 0.182 e. The molecule has 0 atom stereocenters. The van der Waals surface area contributed by atoms with Crippen LogP contribution in [0.4, 0.5) is 10.1 Å². The van der Waals surface area contributed by atoms with Crippen molar-refractivity contribution >= 4 is 5.69 Å². The summed E-state index contributed by atoms with van der Waals surface area (Å²) < 4.78 is 15.1. The molecule has 1 aromatic carbocycles. The Morgan fingerprint density at radius 1 is 1.21 bits per heavy atom. The first-order chi connectivity index (χ1) is 9.25. The van der Waals surface area contributed by atoms with Crippen LogP contribution in [-0.2, 0) is 0 Å². The van der Waals surface area contributed by atoms with Gasteiger partial charge in [-0.25, -0.2) is 9.07 Å². The minimum absolute atomic E-state index is 0.121. The molecule has 100 valence electrons. The molecule has 0 aliphatic heterocycles. The fourth-order valence-electron chi connectivity index (χ4n) is 2.64. The number of aromatic nitrogens is 4. The molecular weight excluding hydrogens is 245 g/mol. The number of nitrogen functional groups attached to an aromatic ring is 1. The number of tetrazole rings is 1. The van der Waals surface area contributed by atoms with E-state index in [4.69, 9.17) is 5.73 Å². The first-order valence-corrected chi connectivity index (χ1v) is 6.59. The molecule has 5 nitrogen and oxygen atoms in total. The quantitative estimate of drug-likeness (QED) is 0.843. The van der Waals surface area contributed by atoms with Crippen LogP contribution in [0.15, 0.2) is 18.2 Å². The predicted molar refractivity (Wildman–Crippen MR) is 69.7 cm³/mol. The Labute approximate surface area is 110 Å². The summed E-state index contributed by atoms with van der Waals surface area (Å²) >= 11 is 0. The zero-order valence-electron chi connectivity index (χ0n) is 10.6. The van der Waals surface area contributed by atoms with Gasteiger partial charge in [-0.3, -0.25) is 0 Å². The van der Waals surface area contributed by atoms with E-state index in [1.165, 1.54) is 25.3 Å². The first kappa shape index (κ1) is 12.1. The van der Waals surface area contributed by atoms with Crippen LogP contribution in [-0.4, -0.2) is 20.2 Å². The molecule has 3 rings (SSSR count). The molecule has 1 fully saturated rings. The number of benzene rings is 1. The number of nitrogens with two attached hydrogens (primary N) is 1. The second-order valence-corrected chi connectivity index (χ2v) is 4.98. The van der Waals surface area contributed by atoms with Crippen LogP contribution < -0.4 is 5.73 Å². The number of hydrogen-bond donors (Lipinski definition) is 1. The normalized spacial score (nSPS) is 16.7. The van der Waals surface area contributed by atoms with Crippen LogP contribution in [0.1, 0.15) is 38.1 Å². The zero-order valence-corrected chi connectivity index (χ0v) is 10.6. The number of hydrogen-bond acceptors (Lipinski definition) is 4. The van der Waals surface area contributed by atoms with E-state index in [-0.39, 0.29) is 5.69 Å². The van der Waals surface area contributed by atoms with Gasteiger partial charge in [0.25, 0.3) is 0 Å². The number of rotatable bonds is 2. The molecule has 0 radical (unpaired) electrons. The molecule has 1 aliphatic carbocycles. The minimum Gasteiger partial charge on any atom is -0.396 e. The maximum Gasteiger partial charge on any atom is 0.182 e. The maximum atomic E-state index is 13.2. The molecule has 2 aromatic rings. The van der Waals surface area contributed by atoms with E-state index in [2.05, 4.69) is 15.5 Å². The molecule has 6 heteroatoms. The van der Waals surface area contributed by atoms with Crippen molar-refractivity contribution in [1.82, 2.24) is 20.2 Å². The van der Waals surface area contributed by atoms with Crippen LogP contribution in [0.2, 0.25) is 0 Å². The highest BCUT2D eigenvalue weighted by molar-refractivity contribution is 5.61. The third-order valence-electron chi connectivity index (χ3n) is 3.67. The average Bonchev–Trinajstić information content (AvgIpc) is 2.92. The Bertz CT molecular complexity index is 574. The van der Waals surface area contributed by atoms with Gasteiger partial charge in [0.15, 0.2) is 5.82 Å². The van der Waals surface area contributed by atoms with Gasteiger partial charge in [0.2, 0.25) is 0 Å². The highest BCUT2D eigenvalue weighted by Crippen LogP contribution is 2.31. The Hall–Kier alpha value is -1.98. The second kappa shape index (κ2) is 4.95. The Balaban J connectivity index is 1.96. The molecule has 0 spiro atoms. The summed E-state index contributed by atoms with van der Waals surface area (Å²) in [6, 6.07) is 4.94. The minimum atomic E-state index is -0.416. The number of halogens is 1. The molecule has 0 saturated heterocycles. The lowest BCUT2D eigenvalue weighted by molar-refractivity contribution is 0.327. The summed E-state index contributed by atoms with van der Waals surface area (Å²) in [6.45, 7) is 0. The van der Waals surface area contributed by atoms with Gasteiger partial charge >= 0.3 is 0 Å². The molecule has 0 amide bonds. The highest BCUT2D eigenvalue weighted by Gasteiger charge is 2.21. The van der Waals surface area contributed by atoms with E-state index in [0.29, 0.717) is 11.9 Å². The van der Waals surface area contributed by atoms with Gasteiger partial charge < -0.3 is 5.73 Å². The molecule has 0 bridgehead atoms. The summed E-state index contributed by atoms with van der Waals surface area (Å²) in [6.07, 6.45) is 5.87. The number of anilines is 1. The van der Waals surface area contributed by atoms with E-state index >= 15 is 0 Å². The Kier molecular flexibility index (Phi) is 3.15. The molecule has 19 heavy (non-hydrogen) atoms. The topological polar surface area (TPSA) is 69.6 Å².